The normalized spacial score (nSPS) is 9.92. The standard InChI is InChI=1S/C8H7FO2S/c1-4-2-3-5(12)6(7(4)9)8(10)11/h2-3,12H,1H3,(H,10,11). The van der Waals surface area contributed by atoms with Crippen LogP contribution in [0.5, 0.6) is 0 Å². The predicted molar refractivity (Wildman–Crippen MR) is 45.3 cm³/mol. The van der Waals surface area contributed by atoms with Gasteiger partial charge in [-0.05, 0) is 18.6 Å². The summed E-state index contributed by atoms with van der Waals surface area (Å²) >= 11 is 3.83. The summed E-state index contributed by atoms with van der Waals surface area (Å²) in [5.41, 5.74) is -0.0523. The first kappa shape index (κ1) is 9.06. The molecule has 1 N–H and O–H groups in total. The third kappa shape index (κ3) is 1.43. The third-order valence-electron chi connectivity index (χ3n) is 1.53. The Balaban J connectivity index is 3.43. The number of hydrogen-bond donors (Lipinski definition) is 2. The molecule has 0 aliphatic rings. The maximum Gasteiger partial charge on any atom is 0.339 e. The van der Waals surface area contributed by atoms with Gasteiger partial charge in [0.25, 0.3) is 0 Å². The number of benzene rings is 1. The van der Waals surface area contributed by atoms with E-state index in [2.05, 4.69) is 12.6 Å². The van der Waals surface area contributed by atoms with Gasteiger partial charge < -0.3 is 5.11 Å². The Morgan fingerprint density at radius 2 is 2.17 bits per heavy atom. The number of hydrogen-bond acceptors (Lipinski definition) is 2. The molecule has 1 aromatic rings. The molecule has 0 bridgehead atoms. The van der Waals surface area contributed by atoms with Gasteiger partial charge in [-0.2, -0.15) is 0 Å². The minimum Gasteiger partial charge on any atom is -0.478 e. The second kappa shape index (κ2) is 3.15. The molecule has 0 radical (unpaired) electrons. The number of carboxylic acids is 1. The zero-order valence-electron chi connectivity index (χ0n) is 6.34. The Bertz CT molecular complexity index is 336. The van der Waals surface area contributed by atoms with E-state index in [-0.39, 0.29) is 10.5 Å². The highest BCUT2D eigenvalue weighted by Gasteiger charge is 2.15. The number of carbonyl (C=O) groups is 1. The Morgan fingerprint density at radius 3 is 2.58 bits per heavy atom. The quantitative estimate of drug-likeness (QED) is 0.659. The van der Waals surface area contributed by atoms with Crippen LogP contribution in [0.25, 0.3) is 0 Å². The molecule has 1 aromatic carbocycles. The minimum absolute atomic E-state index is 0.144. The van der Waals surface area contributed by atoms with Gasteiger partial charge in [-0.3, -0.25) is 0 Å². The molecule has 0 amide bonds. The zero-order chi connectivity index (χ0) is 9.30. The smallest absolute Gasteiger partial charge is 0.339 e. The van der Waals surface area contributed by atoms with Crippen LogP contribution < -0.4 is 0 Å². The first-order valence-electron chi connectivity index (χ1n) is 3.25. The lowest BCUT2D eigenvalue weighted by atomic mass is 10.1. The van der Waals surface area contributed by atoms with Crippen LogP contribution in [-0.2, 0) is 0 Å². The van der Waals surface area contributed by atoms with Crippen molar-refractivity contribution in [3.63, 3.8) is 0 Å². The third-order valence-corrected chi connectivity index (χ3v) is 1.90. The van der Waals surface area contributed by atoms with E-state index in [1.54, 1.807) is 0 Å². The molecule has 0 saturated carbocycles. The molecular formula is C8H7FO2S. The number of thiol groups is 1. The van der Waals surface area contributed by atoms with Crippen LogP contribution in [0.4, 0.5) is 4.39 Å². The summed E-state index contributed by atoms with van der Waals surface area (Å²) < 4.78 is 13.1. The van der Waals surface area contributed by atoms with Crippen molar-refractivity contribution in [1.82, 2.24) is 0 Å². The summed E-state index contributed by atoms with van der Waals surface area (Å²) in [5.74, 6) is -2.00. The fourth-order valence-corrected chi connectivity index (χ4v) is 1.14. The zero-order valence-corrected chi connectivity index (χ0v) is 7.23. The molecule has 0 aliphatic carbocycles. The molecule has 0 heterocycles. The second-order valence-corrected chi connectivity index (χ2v) is 2.88. The van der Waals surface area contributed by atoms with Crippen LogP contribution in [0.3, 0.4) is 0 Å². The average Bonchev–Trinajstić information content (AvgIpc) is 1.97. The Hall–Kier alpha value is -1.03. The van der Waals surface area contributed by atoms with Crippen LogP contribution in [0, 0.1) is 12.7 Å². The molecule has 0 unspecified atom stereocenters. The second-order valence-electron chi connectivity index (χ2n) is 2.40. The van der Waals surface area contributed by atoms with Gasteiger partial charge in [0.2, 0.25) is 0 Å². The van der Waals surface area contributed by atoms with Crippen molar-refractivity contribution in [3.8, 4) is 0 Å². The molecular weight excluding hydrogens is 179 g/mol. The highest BCUT2D eigenvalue weighted by Crippen LogP contribution is 2.20. The fraction of sp³-hybridized carbons (Fsp3) is 0.125. The van der Waals surface area contributed by atoms with Crippen molar-refractivity contribution < 1.29 is 14.3 Å². The van der Waals surface area contributed by atoms with Crippen LogP contribution >= 0.6 is 12.6 Å². The minimum atomic E-state index is -1.29. The van der Waals surface area contributed by atoms with E-state index >= 15 is 0 Å². The molecule has 64 valence electrons. The number of carboxylic acid groups (broad SMARTS) is 1. The lowest BCUT2D eigenvalue weighted by Gasteiger charge is -2.03. The van der Waals surface area contributed by atoms with Gasteiger partial charge in [-0.1, -0.05) is 6.07 Å². The lowest BCUT2D eigenvalue weighted by Crippen LogP contribution is -2.03. The predicted octanol–water partition coefficient (Wildman–Crippen LogP) is 2.12. The number of rotatable bonds is 1. The molecule has 0 saturated heterocycles. The van der Waals surface area contributed by atoms with E-state index in [1.807, 2.05) is 0 Å². The summed E-state index contributed by atoms with van der Waals surface area (Å²) in [4.78, 5) is 10.6. The van der Waals surface area contributed by atoms with E-state index in [0.717, 1.165) is 0 Å². The summed E-state index contributed by atoms with van der Waals surface area (Å²) in [6.07, 6.45) is 0. The SMILES string of the molecule is Cc1ccc(S)c(C(=O)O)c1F. The van der Waals surface area contributed by atoms with Gasteiger partial charge in [0.1, 0.15) is 11.4 Å². The van der Waals surface area contributed by atoms with Gasteiger partial charge >= 0.3 is 5.97 Å². The maximum absolute atomic E-state index is 13.1. The number of halogens is 1. The van der Waals surface area contributed by atoms with E-state index in [4.69, 9.17) is 5.11 Å². The molecule has 0 aromatic heterocycles. The maximum atomic E-state index is 13.1. The Morgan fingerprint density at radius 1 is 1.58 bits per heavy atom. The number of aromatic carboxylic acids is 1. The van der Waals surface area contributed by atoms with Crippen LogP contribution in [0.2, 0.25) is 0 Å². The van der Waals surface area contributed by atoms with Crippen molar-refractivity contribution >= 4 is 18.6 Å². The number of aryl methyl sites for hydroxylation is 1. The molecule has 12 heavy (non-hydrogen) atoms. The van der Waals surface area contributed by atoms with Crippen molar-refractivity contribution in [2.75, 3.05) is 0 Å². The monoisotopic (exact) mass is 186 g/mol. The van der Waals surface area contributed by atoms with Crippen LogP contribution in [0.1, 0.15) is 15.9 Å². The summed E-state index contributed by atoms with van der Waals surface area (Å²) in [7, 11) is 0. The van der Waals surface area contributed by atoms with Gasteiger partial charge in [-0.15, -0.1) is 12.6 Å². The molecule has 1 rings (SSSR count). The molecule has 0 atom stereocenters. The van der Waals surface area contributed by atoms with Crippen molar-refractivity contribution in [1.29, 1.82) is 0 Å². The fourth-order valence-electron chi connectivity index (χ4n) is 0.873. The average molecular weight is 186 g/mol. The van der Waals surface area contributed by atoms with Gasteiger partial charge in [-0.25, -0.2) is 9.18 Å². The van der Waals surface area contributed by atoms with Crippen molar-refractivity contribution in [3.05, 3.63) is 29.1 Å². The first-order chi connectivity index (χ1) is 5.54. The van der Waals surface area contributed by atoms with Gasteiger partial charge in [0, 0.05) is 4.90 Å². The molecule has 0 spiro atoms. The first-order valence-corrected chi connectivity index (χ1v) is 3.70. The highest BCUT2D eigenvalue weighted by atomic mass is 32.1. The summed E-state index contributed by atoms with van der Waals surface area (Å²) in [6, 6.07) is 2.95. The molecule has 0 fully saturated rings. The van der Waals surface area contributed by atoms with Crippen molar-refractivity contribution in [2.45, 2.75) is 11.8 Å². The van der Waals surface area contributed by atoms with E-state index in [9.17, 15) is 9.18 Å². The van der Waals surface area contributed by atoms with Crippen LogP contribution in [-0.4, -0.2) is 11.1 Å². The van der Waals surface area contributed by atoms with E-state index in [0.29, 0.717) is 5.56 Å². The Labute approximate surface area is 74.4 Å². The van der Waals surface area contributed by atoms with Crippen LogP contribution in [0.15, 0.2) is 17.0 Å². The van der Waals surface area contributed by atoms with Crippen molar-refractivity contribution in [2.24, 2.45) is 0 Å². The Kier molecular flexibility index (Phi) is 2.38. The summed E-state index contributed by atoms with van der Waals surface area (Å²) in [6.45, 7) is 1.51. The molecule has 4 heteroatoms. The van der Waals surface area contributed by atoms with Gasteiger partial charge in [0.05, 0.1) is 0 Å². The van der Waals surface area contributed by atoms with Gasteiger partial charge in [0.15, 0.2) is 0 Å². The lowest BCUT2D eigenvalue weighted by molar-refractivity contribution is 0.0687. The topological polar surface area (TPSA) is 37.3 Å². The molecule has 0 aliphatic heterocycles. The summed E-state index contributed by atoms with van der Waals surface area (Å²) in [5, 5.41) is 8.58. The van der Waals surface area contributed by atoms with E-state index < -0.39 is 11.8 Å². The molecule has 2 nitrogen and oxygen atoms in total. The highest BCUT2D eigenvalue weighted by molar-refractivity contribution is 7.80. The largest absolute Gasteiger partial charge is 0.478 e. The van der Waals surface area contributed by atoms with E-state index in [1.165, 1.54) is 19.1 Å².